The van der Waals surface area contributed by atoms with E-state index in [1.165, 1.54) is 43.4 Å². The van der Waals surface area contributed by atoms with E-state index in [2.05, 4.69) is 187 Å². The van der Waals surface area contributed by atoms with Crippen LogP contribution < -0.4 is 0 Å². The second-order valence-corrected chi connectivity index (χ2v) is 17.5. The summed E-state index contributed by atoms with van der Waals surface area (Å²) in [6, 6.07) is 72.9. The van der Waals surface area contributed by atoms with Crippen LogP contribution in [0.25, 0.3) is 149 Å². The second-order valence-electron chi connectivity index (χ2n) is 17.5. The highest BCUT2D eigenvalue weighted by Crippen LogP contribution is 2.42. The molecule has 4 heterocycles. The maximum Gasteiger partial charge on any atom is 0.164 e. The monoisotopic (exact) mass is 854 g/mol. The first-order chi connectivity index (χ1) is 33.2. The van der Waals surface area contributed by atoms with Crippen LogP contribution in [0.3, 0.4) is 0 Å². The van der Waals surface area contributed by atoms with E-state index in [-0.39, 0.29) is 0 Å². The average Bonchev–Trinajstić information content (AvgIpc) is 4.06. The van der Waals surface area contributed by atoms with Crippen molar-refractivity contribution in [1.82, 2.24) is 19.5 Å². The predicted molar refractivity (Wildman–Crippen MR) is 275 cm³/mol. The number of hydrogen-bond donors (Lipinski definition) is 0. The molecule has 0 bridgehead atoms. The predicted octanol–water partition coefficient (Wildman–Crippen LogP) is 16.4. The van der Waals surface area contributed by atoms with E-state index in [0.717, 1.165) is 87.8 Å². The molecule has 310 valence electrons. The Morgan fingerprint density at radius 2 is 0.881 bits per heavy atom. The van der Waals surface area contributed by atoms with Gasteiger partial charge in [-0.1, -0.05) is 140 Å². The summed E-state index contributed by atoms with van der Waals surface area (Å²) >= 11 is 0. The van der Waals surface area contributed by atoms with Crippen LogP contribution in [0.2, 0.25) is 0 Å². The van der Waals surface area contributed by atoms with Crippen LogP contribution in [-0.4, -0.2) is 19.5 Å². The Morgan fingerprint density at radius 3 is 1.70 bits per heavy atom. The summed E-state index contributed by atoms with van der Waals surface area (Å²) in [6.45, 7) is 0. The zero-order valence-corrected chi connectivity index (χ0v) is 35.7. The van der Waals surface area contributed by atoms with Gasteiger partial charge in [0, 0.05) is 54.7 Å². The lowest BCUT2D eigenvalue weighted by Gasteiger charge is -2.11. The standard InChI is InChI=1S/C61H34N4O2/c1-2-13-39-31-52-50(30-38(39)12-1)57-44-16-6-4-11-36(44)23-28-51(57)65(52)42-25-20-37-24-29-54-58(49(37)34-42)48-27-22-41(33-56(48)67-54)60-62-59(40-21-26-46-45-17-7-8-19-53(45)66-55(46)32-40)63-61(64-60)47-18-9-14-35-10-3-5-15-43(35)47/h1-34H. The summed E-state index contributed by atoms with van der Waals surface area (Å²) in [4.78, 5) is 15.5. The van der Waals surface area contributed by atoms with Crippen molar-refractivity contribution in [1.29, 1.82) is 0 Å². The molecule has 6 heteroatoms. The van der Waals surface area contributed by atoms with Gasteiger partial charge in [0.15, 0.2) is 17.5 Å². The third kappa shape index (κ3) is 5.41. The molecule has 0 atom stereocenters. The quantitative estimate of drug-likeness (QED) is 0.176. The normalized spacial score (nSPS) is 12.2. The maximum atomic E-state index is 6.76. The topological polar surface area (TPSA) is 69.9 Å². The minimum atomic E-state index is 0.554. The third-order valence-corrected chi connectivity index (χ3v) is 13.8. The molecule has 0 unspecified atom stereocenters. The van der Waals surface area contributed by atoms with E-state index >= 15 is 0 Å². The Bertz CT molecular complexity index is 4590. The van der Waals surface area contributed by atoms with Crippen LogP contribution in [0.15, 0.2) is 215 Å². The molecule has 0 aliphatic heterocycles. The zero-order chi connectivity index (χ0) is 43.7. The number of nitrogens with zero attached hydrogens (tertiary/aromatic N) is 4. The molecule has 0 aliphatic carbocycles. The van der Waals surface area contributed by atoms with E-state index in [0.29, 0.717) is 17.5 Å². The molecule has 15 rings (SSSR count). The van der Waals surface area contributed by atoms with Gasteiger partial charge in [-0.2, -0.15) is 0 Å². The molecule has 4 aromatic heterocycles. The molecule has 6 nitrogen and oxygen atoms in total. The van der Waals surface area contributed by atoms with Crippen molar-refractivity contribution in [2.45, 2.75) is 0 Å². The summed E-state index contributed by atoms with van der Waals surface area (Å²) in [6.07, 6.45) is 0. The smallest absolute Gasteiger partial charge is 0.164 e. The van der Waals surface area contributed by atoms with Crippen LogP contribution in [0.5, 0.6) is 0 Å². The molecular weight excluding hydrogens is 821 g/mol. The number of benzene rings is 11. The number of furan rings is 2. The molecule has 0 aliphatic rings. The average molecular weight is 855 g/mol. The summed E-state index contributed by atoms with van der Waals surface area (Å²) in [7, 11) is 0. The molecule has 67 heavy (non-hydrogen) atoms. The summed E-state index contributed by atoms with van der Waals surface area (Å²) < 4.78 is 15.5. The van der Waals surface area contributed by atoms with E-state index in [9.17, 15) is 0 Å². The van der Waals surface area contributed by atoms with Gasteiger partial charge in [0.1, 0.15) is 22.3 Å². The van der Waals surface area contributed by atoms with E-state index in [4.69, 9.17) is 23.8 Å². The van der Waals surface area contributed by atoms with Crippen LogP contribution in [-0.2, 0) is 0 Å². The molecule has 0 fully saturated rings. The second kappa shape index (κ2) is 13.7. The largest absolute Gasteiger partial charge is 0.456 e. The zero-order valence-electron chi connectivity index (χ0n) is 35.7. The molecule has 0 radical (unpaired) electrons. The van der Waals surface area contributed by atoms with Gasteiger partial charge >= 0.3 is 0 Å². The maximum absolute atomic E-state index is 6.76. The SMILES string of the molecule is c1ccc2cc3c(cc2c1)c1c2ccccc2ccc1n3-c1ccc2ccc3oc4cc(-c5nc(-c6ccc7c(c6)oc6ccccc67)nc(-c6cccc7ccccc67)n5)ccc4c3c2c1. The van der Waals surface area contributed by atoms with Gasteiger partial charge in [0.05, 0.1) is 11.0 Å². The van der Waals surface area contributed by atoms with Gasteiger partial charge in [-0.3, -0.25) is 0 Å². The Morgan fingerprint density at radius 1 is 0.299 bits per heavy atom. The first-order valence-corrected chi connectivity index (χ1v) is 22.6. The fourth-order valence-corrected chi connectivity index (χ4v) is 10.7. The summed E-state index contributed by atoms with van der Waals surface area (Å²) in [5.74, 6) is 1.71. The number of aromatic nitrogens is 4. The minimum Gasteiger partial charge on any atom is -0.456 e. The van der Waals surface area contributed by atoms with Gasteiger partial charge in [-0.25, -0.2) is 15.0 Å². The van der Waals surface area contributed by atoms with Gasteiger partial charge < -0.3 is 13.4 Å². The van der Waals surface area contributed by atoms with Crippen LogP contribution in [0.4, 0.5) is 0 Å². The number of fused-ring (bicyclic) bond motifs is 15. The molecule has 0 saturated carbocycles. The number of para-hydroxylation sites is 1. The van der Waals surface area contributed by atoms with Crippen molar-refractivity contribution in [3.63, 3.8) is 0 Å². The molecule has 11 aromatic carbocycles. The Balaban J connectivity index is 0.918. The third-order valence-electron chi connectivity index (χ3n) is 13.8. The highest BCUT2D eigenvalue weighted by molar-refractivity contribution is 6.24. The first kappa shape index (κ1) is 36.2. The van der Waals surface area contributed by atoms with Gasteiger partial charge in [-0.15, -0.1) is 0 Å². The molecule has 0 saturated heterocycles. The Hall–Kier alpha value is -9.13. The van der Waals surface area contributed by atoms with Crippen molar-refractivity contribution in [3.05, 3.63) is 206 Å². The number of hydrogen-bond acceptors (Lipinski definition) is 5. The van der Waals surface area contributed by atoms with Crippen molar-refractivity contribution >= 4 is 109 Å². The lowest BCUT2D eigenvalue weighted by molar-refractivity contribution is 0.669. The summed E-state index contributed by atoms with van der Waals surface area (Å²) in [5, 5.41) is 16.1. The molecule has 15 aromatic rings. The van der Waals surface area contributed by atoms with Crippen molar-refractivity contribution in [2.75, 3.05) is 0 Å². The lowest BCUT2D eigenvalue weighted by atomic mass is 10.0. The number of rotatable bonds is 4. The van der Waals surface area contributed by atoms with E-state index < -0.39 is 0 Å². The highest BCUT2D eigenvalue weighted by atomic mass is 16.3. The van der Waals surface area contributed by atoms with Crippen LogP contribution in [0, 0.1) is 0 Å². The Labute approximate surface area is 381 Å². The molecular formula is C61H34N4O2. The molecule has 0 amide bonds. The van der Waals surface area contributed by atoms with E-state index in [1.807, 2.05) is 24.3 Å². The van der Waals surface area contributed by atoms with E-state index in [1.54, 1.807) is 0 Å². The van der Waals surface area contributed by atoms with Gasteiger partial charge in [0.25, 0.3) is 0 Å². The fraction of sp³-hybridized carbons (Fsp3) is 0. The molecule has 0 N–H and O–H groups in total. The van der Waals surface area contributed by atoms with Gasteiger partial charge in [-0.05, 0) is 110 Å². The van der Waals surface area contributed by atoms with Crippen LogP contribution >= 0.6 is 0 Å². The van der Waals surface area contributed by atoms with Crippen molar-refractivity contribution < 1.29 is 8.83 Å². The molecule has 0 spiro atoms. The van der Waals surface area contributed by atoms with Crippen molar-refractivity contribution in [3.8, 4) is 39.9 Å². The first-order valence-electron chi connectivity index (χ1n) is 22.6. The van der Waals surface area contributed by atoms with Crippen molar-refractivity contribution in [2.24, 2.45) is 0 Å². The minimum absolute atomic E-state index is 0.554. The van der Waals surface area contributed by atoms with Gasteiger partial charge in [0.2, 0.25) is 0 Å². The summed E-state index contributed by atoms with van der Waals surface area (Å²) in [5.41, 5.74) is 9.27. The van der Waals surface area contributed by atoms with Crippen LogP contribution in [0.1, 0.15) is 0 Å². The lowest BCUT2D eigenvalue weighted by Crippen LogP contribution is -2.00. The fourth-order valence-electron chi connectivity index (χ4n) is 10.7. The highest BCUT2D eigenvalue weighted by Gasteiger charge is 2.20. The Kier molecular flexibility index (Phi) is 7.40.